The van der Waals surface area contributed by atoms with E-state index in [1.165, 1.54) is 31.5 Å². The van der Waals surface area contributed by atoms with Crippen LogP contribution < -0.4 is 5.32 Å². The number of carboxylic acid groups (broad SMARTS) is 1. The summed E-state index contributed by atoms with van der Waals surface area (Å²) in [5, 5.41) is 22.5. The van der Waals surface area contributed by atoms with Crippen LogP contribution in [0.5, 0.6) is 0 Å². The minimum Gasteiger partial charge on any atom is -0.483 e. The number of aromatic amines is 1. The smallest absolute Gasteiger partial charge is 0.290 e. The summed E-state index contributed by atoms with van der Waals surface area (Å²) in [6.07, 6.45) is 2.38. The molecule has 3 fully saturated rings. The first-order valence-corrected chi connectivity index (χ1v) is 10.3. The third kappa shape index (κ3) is 3.65. The number of aromatic nitrogens is 2. The van der Waals surface area contributed by atoms with Crippen molar-refractivity contribution in [1.82, 2.24) is 20.4 Å². The zero-order valence-corrected chi connectivity index (χ0v) is 16.1. The summed E-state index contributed by atoms with van der Waals surface area (Å²) in [6, 6.07) is 8.48. The van der Waals surface area contributed by atoms with Gasteiger partial charge in [0.1, 0.15) is 0 Å². The maximum absolute atomic E-state index is 12.9. The molecule has 0 spiro atoms. The Balaban J connectivity index is 0.000000604. The van der Waals surface area contributed by atoms with E-state index in [1.54, 1.807) is 11.3 Å². The first-order valence-electron chi connectivity index (χ1n) is 9.31. The lowest BCUT2D eigenvalue weighted by molar-refractivity contribution is -0.122. The quantitative estimate of drug-likeness (QED) is 0.590. The molecule has 3 saturated heterocycles. The Hall–Kier alpha value is -2.71. The van der Waals surface area contributed by atoms with E-state index >= 15 is 0 Å². The van der Waals surface area contributed by atoms with E-state index in [-0.39, 0.29) is 18.4 Å². The molecule has 0 aliphatic carbocycles. The van der Waals surface area contributed by atoms with Crippen LogP contribution in [0, 0.1) is 5.92 Å². The van der Waals surface area contributed by atoms with Crippen molar-refractivity contribution in [3.63, 3.8) is 0 Å². The molecule has 3 aliphatic heterocycles. The summed E-state index contributed by atoms with van der Waals surface area (Å²) in [4.78, 5) is 23.7. The topological polar surface area (TPSA) is 98.3 Å². The van der Waals surface area contributed by atoms with Crippen LogP contribution >= 0.6 is 11.3 Å². The number of hydrogen-bond acceptors (Lipinski definition) is 5. The first-order chi connectivity index (χ1) is 13.7. The maximum Gasteiger partial charge on any atom is 0.290 e. The van der Waals surface area contributed by atoms with Crippen LogP contribution in [0.4, 0.5) is 0 Å². The van der Waals surface area contributed by atoms with Crippen molar-refractivity contribution in [2.24, 2.45) is 5.92 Å². The molecule has 2 bridgehead atoms. The molecule has 7 nitrogen and oxygen atoms in total. The minimum absolute atomic E-state index is 0.0625. The number of H-pyrrole nitrogens is 1. The number of nitrogens with zero attached hydrogens (tertiary/aromatic N) is 2. The van der Waals surface area contributed by atoms with E-state index in [1.807, 2.05) is 6.07 Å². The molecule has 0 radical (unpaired) electrons. The second kappa shape index (κ2) is 8.12. The lowest BCUT2D eigenvalue weighted by Gasteiger charge is -2.44. The Bertz CT molecular complexity index is 961. The van der Waals surface area contributed by atoms with Crippen LogP contribution in [-0.4, -0.2) is 58.3 Å². The average Bonchev–Trinajstić information content (AvgIpc) is 3.39. The van der Waals surface area contributed by atoms with Crippen molar-refractivity contribution in [3.05, 3.63) is 40.7 Å². The number of benzene rings is 1. The summed E-state index contributed by atoms with van der Waals surface area (Å²) < 4.78 is 0. The zero-order chi connectivity index (χ0) is 19.5. The van der Waals surface area contributed by atoms with Crippen LogP contribution in [0.2, 0.25) is 0 Å². The molecule has 6 rings (SSSR count). The van der Waals surface area contributed by atoms with Crippen molar-refractivity contribution in [2.75, 3.05) is 19.6 Å². The van der Waals surface area contributed by atoms with Gasteiger partial charge in [0.15, 0.2) is 5.69 Å². The van der Waals surface area contributed by atoms with Crippen LogP contribution in [0.1, 0.15) is 23.3 Å². The van der Waals surface area contributed by atoms with Gasteiger partial charge >= 0.3 is 0 Å². The Morgan fingerprint density at radius 3 is 2.71 bits per heavy atom. The van der Waals surface area contributed by atoms with Gasteiger partial charge in [0, 0.05) is 18.0 Å². The van der Waals surface area contributed by atoms with Crippen LogP contribution in [0.3, 0.4) is 0 Å². The minimum atomic E-state index is -0.250. The fraction of sp³-hybridized carbons (Fsp3) is 0.350. The molecule has 8 heteroatoms. The monoisotopic (exact) mass is 398 g/mol. The van der Waals surface area contributed by atoms with Gasteiger partial charge in [-0.2, -0.15) is 16.4 Å². The second-order valence-corrected chi connectivity index (χ2v) is 7.95. The Kier molecular flexibility index (Phi) is 5.40. The number of carbonyl (C=O) groups excluding carboxylic acids is 1. The summed E-state index contributed by atoms with van der Waals surface area (Å²) >= 11 is 1.68. The molecule has 3 aromatic rings. The Labute approximate surface area is 166 Å². The van der Waals surface area contributed by atoms with E-state index in [0.717, 1.165) is 23.0 Å². The zero-order valence-electron chi connectivity index (χ0n) is 15.3. The van der Waals surface area contributed by atoms with E-state index in [2.05, 4.69) is 49.4 Å². The molecular formula is C20H22N4O3S. The normalized spacial score (nSPS) is 23.1. The van der Waals surface area contributed by atoms with Crippen LogP contribution in [0.15, 0.2) is 35.0 Å². The van der Waals surface area contributed by atoms with Gasteiger partial charge in [-0.15, -0.1) is 0 Å². The number of hydrogen-bond donors (Lipinski definition) is 3. The lowest BCUT2D eigenvalue weighted by atomic mass is 9.84. The highest BCUT2D eigenvalue weighted by Crippen LogP contribution is 2.29. The molecule has 3 aliphatic rings. The highest BCUT2D eigenvalue weighted by molar-refractivity contribution is 7.08. The van der Waals surface area contributed by atoms with E-state index in [9.17, 15) is 4.79 Å². The summed E-state index contributed by atoms with van der Waals surface area (Å²) in [5.74, 6) is 0.549. The van der Waals surface area contributed by atoms with Crippen molar-refractivity contribution in [2.45, 2.75) is 18.9 Å². The molecule has 1 atom stereocenters. The molecule has 3 N–H and O–H groups in total. The molecular weight excluding hydrogens is 376 g/mol. The molecule has 146 valence electrons. The predicted octanol–water partition coefficient (Wildman–Crippen LogP) is 2.82. The third-order valence-corrected chi connectivity index (χ3v) is 6.29. The van der Waals surface area contributed by atoms with Crippen molar-refractivity contribution >= 4 is 34.6 Å². The second-order valence-electron chi connectivity index (χ2n) is 7.17. The van der Waals surface area contributed by atoms with Gasteiger partial charge in [-0.1, -0.05) is 6.07 Å². The SMILES string of the molecule is O=C(N[C@@H]1CN2CCC1CC2)c1n[nH]c2ccc(-c3ccsc3)cc12.O=CO. The largest absolute Gasteiger partial charge is 0.483 e. The van der Waals surface area contributed by atoms with Gasteiger partial charge in [-0.25, -0.2) is 0 Å². The van der Waals surface area contributed by atoms with Gasteiger partial charge in [0.2, 0.25) is 0 Å². The predicted molar refractivity (Wildman–Crippen MR) is 109 cm³/mol. The van der Waals surface area contributed by atoms with E-state index in [4.69, 9.17) is 9.90 Å². The molecule has 5 heterocycles. The fourth-order valence-corrected chi connectivity index (χ4v) is 4.83. The molecule has 1 amide bonds. The number of carbonyl (C=O) groups is 2. The molecule has 1 aromatic carbocycles. The molecule has 0 saturated carbocycles. The van der Waals surface area contributed by atoms with Crippen molar-refractivity contribution in [3.8, 4) is 11.1 Å². The van der Waals surface area contributed by atoms with Crippen molar-refractivity contribution < 1.29 is 14.7 Å². The number of piperidine rings is 3. The van der Waals surface area contributed by atoms with E-state index < -0.39 is 0 Å². The molecule has 0 unspecified atom stereocenters. The number of amides is 1. The summed E-state index contributed by atoms with van der Waals surface area (Å²) in [6.45, 7) is 3.07. The molecule has 28 heavy (non-hydrogen) atoms. The number of rotatable bonds is 3. The standard InChI is InChI=1S/C19H20N4OS.CH2O2/c24-19(20-17-10-23-6-3-12(17)4-7-23)18-15-9-13(14-5-8-25-11-14)1-2-16(15)21-22-18;2-1-3/h1-2,5,8-9,11-12,17H,3-4,6-7,10H2,(H,20,24)(H,21,22);1H,(H,2,3)/t17-;/m1./s1. The van der Waals surface area contributed by atoms with Gasteiger partial charge in [0.25, 0.3) is 12.4 Å². The Morgan fingerprint density at radius 1 is 1.29 bits per heavy atom. The molecule has 2 aromatic heterocycles. The maximum atomic E-state index is 12.9. The average molecular weight is 398 g/mol. The van der Waals surface area contributed by atoms with Gasteiger partial charge in [-0.3, -0.25) is 14.7 Å². The van der Waals surface area contributed by atoms with E-state index in [0.29, 0.717) is 11.6 Å². The van der Waals surface area contributed by atoms with Gasteiger partial charge in [-0.05, 0) is 71.9 Å². The van der Waals surface area contributed by atoms with Crippen LogP contribution in [0.25, 0.3) is 22.0 Å². The highest BCUT2D eigenvalue weighted by Gasteiger charge is 2.35. The third-order valence-electron chi connectivity index (χ3n) is 5.61. The lowest BCUT2D eigenvalue weighted by Crippen LogP contribution is -2.57. The first kappa shape index (κ1) is 18.6. The Morgan fingerprint density at radius 2 is 2.07 bits per heavy atom. The number of nitrogens with one attached hydrogen (secondary N) is 2. The van der Waals surface area contributed by atoms with Crippen LogP contribution in [-0.2, 0) is 4.79 Å². The number of fused-ring (bicyclic) bond motifs is 4. The van der Waals surface area contributed by atoms with Gasteiger partial charge in [0.05, 0.1) is 5.52 Å². The summed E-state index contributed by atoms with van der Waals surface area (Å²) in [7, 11) is 0. The van der Waals surface area contributed by atoms with Crippen molar-refractivity contribution in [1.29, 1.82) is 0 Å². The number of thiophene rings is 1. The summed E-state index contributed by atoms with van der Waals surface area (Å²) in [5.41, 5.74) is 3.70. The van der Waals surface area contributed by atoms with Gasteiger partial charge < -0.3 is 15.3 Å². The highest BCUT2D eigenvalue weighted by atomic mass is 32.1. The fourth-order valence-electron chi connectivity index (χ4n) is 4.16.